The Labute approximate surface area is 151 Å². The van der Waals surface area contributed by atoms with Crippen LogP contribution in [0.3, 0.4) is 0 Å². The number of rotatable bonds is 4. The van der Waals surface area contributed by atoms with Gasteiger partial charge in [0.15, 0.2) is 5.56 Å². The highest BCUT2D eigenvalue weighted by Gasteiger charge is 2.34. The van der Waals surface area contributed by atoms with Crippen molar-refractivity contribution in [1.82, 2.24) is 14.6 Å². The van der Waals surface area contributed by atoms with Gasteiger partial charge in [-0.2, -0.15) is 9.61 Å². The van der Waals surface area contributed by atoms with Gasteiger partial charge < -0.3 is 14.8 Å². The number of carbonyl (C=O) groups is 1. The lowest BCUT2D eigenvalue weighted by molar-refractivity contribution is 0.0519. The van der Waals surface area contributed by atoms with Crippen LogP contribution in [0.4, 0.5) is 8.78 Å². The Balaban J connectivity index is 2.03. The van der Waals surface area contributed by atoms with Gasteiger partial charge in [-0.1, -0.05) is 0 Å². The molecular formula is C18H15F2N3O4. The van der Waals surface area contributed by atoms with Crippen LogP contribution in [0.5, 0.6) is 5.88 Å². The maximum Gasteiger partial charge on any atom is 0.349 e. The number of fused-ring (bicyclic) bond motifs is 1. The topological polar surface area (TPSA) is 96.7 Å². The summed E-state index contributed by atoms with van der Waals surface area (Å²) < 4.78 is 33.4. The van der Waals surface area contributed by atoms with Crippen molar-refractivity contribution < 1.29 is 23.4 Å². The first kappa shape index (κ1) is 17.2. The number of aromatic nitrogens is 3. The Bertz CT molecular complexity index is 1130. The molecule has 0 atom stereocenters. The molecule has 1 aromatic carbocycles. The first-order valence-corrected chi connectivity index (χ1v) is 8.42. The number of nitrogens with one attached hydrogen (secondary N) is 1. The molecule has 4 rings (SSSR count). The zero-order valence-corrected chi connectivity index (χ0v) is 14.3. The lowest BCUT2D eigenvalue weighted by Gasteiger charge is -2.07. The molecule has 1 fully saturated rings. The number of nitrogens with zero attached hydrogens (tertiary/aromatic N) is 2. The standard InChI is InChI=1S/C18H15F2N3O4/c1-2-27-18(26)13-16(24)21-15-12(10-6-5-9(19)7-11(10)20)14(8-3-4-8)22-23(15)17(13)25/h5-8,21,24H,2-4H2,1H3. The quantitative estimate of drug-likeness (QED) is 0.684. The molecule has 3 aromatic rings. The van der Waals surface area contributed by atoms with Crippen LogP contribution >= 0.6 is 0 Å². The van der Waals surface area contributed by atoms with Crippen molar-refractivity contribution in [3.8, 4) is 17.0 Å². The zero-order valence-electron chi connectivity index (χ0n) is 14.3. The Morgan fingerprint density at radius 3 is 2.78 bits per heavy atom. The number of esters is 1. The van der Waals surface area contributed by atoms with Crippen LogP contribution in [0.1, 0.15) is 41.7 Å². The van der Waals surface area contributed by atoms with Gasteiger partial charge in [0, 0.05) is 17.5 Å². The monoisotopic (exact) mass is 375 g/mol. The van der Waals surface area contributed by atoms with Crippen molar-refractivity contribution in [2.45, 2.75) is 25.7 Å². The molecule has 0 unspecified atom stereocenters. The van der Waals surface area contributed by atoms with Crippen molar-refractivity contribution in [2.75, 3.05) is 6.61 Å². The predicted molar refractivity (Wildman–Crippen MR) is 90.8 cm³/mol. The van der Waals surface area contributed by atoms with E-state index in [9.17, 15) is 23.5 Å². The number of aromatic amines is 1. The highest BCUT2D eigenvalue weighted by molar-refractivity contribution is 5.92. The van der Waals surface area contributed by atoms with E-state index in [1.165, 1.54) is 6.07 Å². The maximum atomic E-state index is 14.4. The second kappa shape index (κ2) is 6.19. The van der Waals surface area contributed by atoms with Crippen LogP contribution in [0.2, 0.25) is 0 Å². The number of benzene rings is 1. The van der Waals surface area contributed by atoms with E-state index in [1.807, 2.05) is 0 Å². The largest absolute Gasteiger partial charge is 0.494 e. The van der Waals surface area contributed by atoms with Crippen molar-refractivity contribution in [3.63, 3.8) is 0 Å². The molecule has 9 heteroatoms. The Morgan fingerprint density at radius 1 is 1.41 bits per heavy atom. The minimum atomic E-state index is -0.990. The molecular weight excluding hydrogens is 360 g/mol. The highest BCUT2D eigenvalue weighted by Crippen LogP contribution is 2.45. The maximum absolute atomic E-state index is 14.4. The van der Waals surface area contributed by atoms with Crippen LogP contribution in [-0.4, -0.2) is 32.3 Å². The van der Waals surface area contributed by atoms with E-state index in [1.54, 1.807) is 6.92 Å². The number of H-pyrrole nitrogens is 1. The number of halogens is 2. The second-order valence-electron chi connectivity index (χ2n) is 6.29. The van der Waals surface area contributed by atoms with Crippen LogP contribution < -0.4 is 5.56 Å². The zero-order chi connectivity index (χ0) is 19.3. The smallest absolute Gasteiger partial charge is 0.349 e. The molecule has 1 aliphatic rings. The van der Waals surface area contributed by atoms with Crippen molar-refractivity contribution in [2.24, 2.45) is 0 Å². The van der Waals surface area contributed by atoms with Gasteiger partial charge in [0.25, 0.3) is 5.56 Å². The molecule has 0 spiro atoms. The number of hydrogen-bond donors (Lipinski definition) is 2. The number of carbonyl (C=O) groups excluding carboxylic acids is 1. The van der Waals surface area contributed by atoms with Gasteiger partial charge >= 0.3 is 5.97 Å². The van der Waals surface area contributed by atoms with Gasteiger partial charge in [-0.25, -0.2) is 13.6 Å². The Kier molecular flexibility index (Phi) is 3.94. The fourth-order valence-electron chi connectivity index (χ4n) is 3.07. The fourth-order valence-corrected chi connectivity index (χ4v) is 3.07. The van der Waals surface area contributed by atoms with Crippen LogP contribution in [0.25, 0.3) is 16.8 Å². The fraction of sp³-hybridized carbons (Fsp3) is 0.278. The average molecular weight is 375 g/mol. The van der Waals surface area contributed by atoms with E-state index >= 15 is 0 Å². The minimum Gasteiger partial charge on any atom is -0.494 e. The lowest BCUT2D eigenvalue weighted by atomic mass is 10.0. The van der Waals surface area contributed by atoms with Crippen molar-refractivity contribution >= 4 is 11.6 Å². The molecule has 0 radical (unpaired) electrons. The third kappa shape index (κ3) is 2.75. The molecule has 0 saturated heterocycles. The molecule has 7 nitrogen and oxygen atoms in total. The third-order valence-corrected chi connectivity index (χ3v) is 4.44. The third-order valence-electron chi connectivity index (χ3n) is 4.44. The molecule has 2 aromatic heterocycles. The van der Waals surface area contributed by atoms with E-state index < -0.39 is 34.6 Å². The summed E-state index contributed by atoms with van der Waals surface area (Å²) in [7, 11) is 0. The summed E-state index contributed by atoms with van der Waals surface area (Å²) in [6.07, 6.45) is 1.62. The van der Waals surface area contributed by atoms with Gasteiger partial charge in [0.1, 0.15) is 17.3 Å². The molecule has 27 heavy (non-hydrogen) atoms. The molecule has 0 amide bonds. The first-order chi connectivity index (χ1) is 12.9. The van der Waals surface area contributed by atoms with Crippen LogP contribution in [0.15, 0.2) is 23.0 Å². The second-order valence-corrected chi connectivity index (χ2v) is 6.29. The molecule has 1 aliphatic carbocycles. The van der Waals surface area contributed by atoms with Gasteiger partial charge in [-0.15, -0.1) is 0 Å². The highest BCUT2D eigenvalue weighted by atomic mass is 19.1. The van der Waals surface area contributed by atoms with Gasteiger partial charge in [0.2, 0.25) is 5.88 Å². The minimum absolute atomic E-state index is 0.0188. The normalized spacial score (nSPS) is 13.9. The summed E-state index contributed by atoms with van der Waals surface area (Å²) in [5.74, 6) is -3.22. The number of hydrogen-bond acceptors (Lipinski definition) is 5. The van der Waals surface area contributed by atoms with Crippen LogP contribution in [0, 0.1) is 11.6 Å². The van der Waals surface area contributed by atoms with Crippen LogP contribution in [-0.2, 0) is 4.74 Å². The SMILES string of the molecule is CCOC(=O)c1c(O)[nH]c2c(-c3ccc(F)cc3F)c(C3CC3)nn2c1=O. The summed E-state index contributed by atoms with van der Waals surface area (Å²) in [6.45, 7) is 1.59. The summed E-state index contributed by atoms with van der Waals surface area (Å²) in [5, 5.41) is 14.4. The molecule has 0 bridgehead atoms. The predicted octanol–water partition coefficient (Wildman–Crippen LogP) is 2.73. The summed E-state index contributed by atoms with van der Waals surface area (Å²) >= 11 is 0. The van der Waals surface area contributed by atoms with Gasteiger partial charge in [-0.05, 0) is 31.9 Å². The van der Waals surface area contributed by atoms with Gasteiger partial charge in [-0.3, -0.25) is 4.79 Å². The van der Waals surface area contributed by atoms with Gasteiger partial charge in [0.05, 0.1) is 17.9 Å². The average Bonchev–Trinajstić information content (AvgIpc) is 3.37. The van der Waals surface area contributed by atoms with E-state index in [2.05, 4.69) is 10.1 Å². The number of ether oxygens (including phenoxy) is 1. The lowest BCUT2D eigenvalue weighted by Crippen LogP contribution is -2.25. The summed E-state index contributed by atoms with van der Waals surface area (Å²) in [5.41, 5.74) is -0.673. The van der Waals surface area contributed by atoms with E-state index in [-0.39, 0.29) is 29.3 Å². The Morgan fingerprint density at radius 2 is 2.15 bits per heavy atom. The van der Waals surface area contributed by atoms with Crippen molar-refractivity contribution in [1.29, 1.82) is 0 Å². The Hall–Kier alpha value is -3.23. The number of aromatic hydroxyl groups is 1. The van der Waals surface area contributed by atoms with E-state index in [0.717, 1.165) is 29.5 Å². The first-order valence-electron chi connectivity index (χ1n) is 8.42. The molecule has 2 heterocycles. The molecule has 2 N–H and O–H groups in total. The summed E-state index contributed by atoms with van der Waals surface area (Å²) in [4.78, 5) is 27.2. The van der Waals surface area contributed by atoms with E-state index in [0.29, 0.717) is 5.69 Å². The van der Waals surface area contributed by atoms with Crippen molar-refractivity contribution in [3.05, 3.63) is 51.4 Å². The molecule has 140 valence electrons. The molecule has 1 saturated carbocycles. The van der Waals surface area contributed by atoms with E-state index in [4.69, 9.17) is 4.74 Å². The summed E-state index contributed by atoms with van der Waals surface area (Å²) in [6, 6.07) is 3.09. The molecule has 0 aliphatic heterocycles.